The molecule has 0 aromatic heterocycles. The highest BCUT2D eigenvalue weighted by Crippen LogP contribution is 2.40. The summed E-state index contributed by atoms with van der Waals surface area (Å²) in [7, 11) is -17.5. The smallest absolute Gasteiger partial charge is 0.429 e. The van der Waals surface area contributed by atoms with Crippen molar-refractivity contribution >= 4 is 212 Å². The zero-order valence-corrected chi connectivity index (χ0v) is 88.8. The van der Waals surface area contributed by atoms with Crippen LogP contribution in [0.25, 0.3) is 0 Å². The van der Waals surface area contributed by atoms with Crippen molar-refractivity contribution in [3.8, 4) is 11.5 Å². The monoisotopic (exact) mass is 2760 g/mol. The highest BCUT2D eigenvalue weighted by Gasteiger charge is 2.51. The van der Waals surface area contributed by atoms with E-state index < -0.39 is 76.8 Å². The first-order valence-corrected chi connectivity index (χ1v) is 53.2. The van der Waals surface area contributed by atoms with Gasteiger partial charge in [0.15, 0.2) is 46.0 Å². The molecule has 0 saturated heterocycles. The van der Waals surface area contributed by atoms with E-state index in [-0.39, 0.29) is 99.9 Å². The van der Waals surface area contributed by atoms with Crippen molar-refractivity contribution in [2.24, 2.45) is 0 Å². The summed E-state index contributed by atoms with van der Waals surface area (Å²) in [4.78, 5) is 34.0. The summed E-state index contributed by atoms with van der Waals surface area (Å²) in [6.45, 7) is 27.9. The van der Waals surface area contributed by atoms with Crippen LogP contribution in [0.15, 0.2) is 203 Å². The lowest BCUT2D eigenvalue weighted by Crippen LogP contribution is -3.62. The largest absolute Gasteiger partial charge is 0.748 e. The second-order valence-electron chi connectivity index (χ2n) is 26.6. The third kappa shape index (κ3) is 34.5. The number of benzene rings is 9. The normalized spacial score (nSPS) is 12.1. The van der Waals surface area contributed by atoms with Gasteiger partial charge in [-0.3, -0.25) is 0 Å². The summed E-state index contributed by atoms with van der Waals surface area (Å²) in [6.07, 6.45) is -8.24. The van der Waals surface area contributed by atoms with E-state index >= 15 is 0 Å². The van der Waals surface area contributed by atoms with E-state index in [1.54, 1.807) is 74.6 Å². The molecule has 0 heterocycles. The molecule has 0 radical (unpaired) electrons. The zero-order valence-electron chi connectivity index (χ0n) is 63.9. The average molecular weight is 2760 g/mol. The fourth-order valence-electron chi connectivity index (χ4n) is 9.26. The fourth-order valence-corrected chi connectivity index (χ4v) is 27.6. The van der Waals surface area contributed by atoms with Gasteiger partial charge in [0, 0.05) is 43.7 Å². The zero-order chi connectivity index (χ0) is 89.7. The van der Waals surface area contributed by atoms with Crippen LogP contribution in [0.2, 0.25) is 0 Å². The van der Waals surface area contributed by atoms with Crippen LogP contribution in [0.3, 0.4) is 0 Å². The predicted molar refractivity (Wildman–Crippen MR) is 469 cm³/mol. The minimum atomic E-state index is -6.15. The third-order valence-electron chi connectivity index (χ3n) is 15.4. The Morgan fingerprint density at radius 1 is 0.424 bits per heavy atom. The minimum absolute atomic E-state index is 0.0983. The molecular weight excluding hydrogens is 2690 g/mol. The van der Waals surface area contributed by atoms with Gasteiger partial charge in [0.2, 0.25) is 13.2 Å². The summed E-state index contributed by atoms with van der Waals surface area (Å²) in [6, 6.07) is 57.6. The maximum Gasteiger partial charge on any atom is 0.429 e. The van der Waals surface area contributed by atoms with Gasteiger partial charge in [-0.1, -0.05) is 194 Å². The molecule has 0 aliphatic rings. The molecule has 9 aromatic rings. The maximum absolute atomic E-state index is 13.0. The second-order valence-corrected chi connectivity index (χ2v) is 48.4. The summed E-state index contributed by atoms with van der Waals surface area (Å²) in [5, 5.41) is -10.3. The van der Waals surface area contributed by atoms with Gasteiger partial charge in [0.25, 0.3) is 0 Å². The van der Waals surface area contributed by atoms with E-state index in [9.17, 15) is 88.4 Å². The van der Waals surface area contributed by atoms with E-state index in [4.69, 9.17) is 0 Å². The van der Waals surface area contributed by atoms with Crippen LogP contribution < -0.4 is 73.1 Å². The topological polar surface area (TPSA) is 250 Å². The van der Waals surface area contributed by atoms with E-state index in [0.717, 1.165) is 3.57 Å². The number of ether oxygens (including phenoxy) is 3. The molecule has 38 heteroatoms. The molecule has 0 saturated carbocycles. The van der Waals surface area contributed by atoms with Crippen LogP contribution in [-0.2, 0) is 44.7 Å². The van der Waals surface area contributed by atoms with Crippen molar-refractivity contribution in [3.05, 3.63) is 280 Å². The summed E-state index contributed by atoms with van der Waals surface area (Å²) >= 11 is 23.1. The van der Waals surface area contributed by atoms with Crippen LogP contribution in [0.1, 0.15) is 162 Å². The number of esters is 3. The number of carbonyl (C=O) groups is 3. The number of halogens is 20. The lowest BCUT2D eigenvalue weighted by molar-refractivity contribution is -0.599. The summed E-state index contributed by atoms with van der Waals surface area (Å²) in [5.74, 6) is -5.41. The molecule has 0 amide bonds. The molecule has 1 atom stereocenters. The van der Waals surface area contributed by atoms with Crippen LogP contribution in [0.5, 0.6) is 11.5 Å². The van der Waals surface area contributed by atoms with Crippen molar-refractivity contribution in [2.75, 3.05) is 5.75 Å². The van der Waals surface area contributed by atoms with Gasteiger partial charge in [-0.2, -0.15) is 30.7 Å². The Hall–Kier alpha value is -2.18. The Morgan fingerprint density at radius 2 is 0.737 bits per heavy atom. The molecule has 9 rings (SSSR count). The molecule has 15 nitrogen and oxygen atoms in total. The molecule has 642 valence electrons. The molecule has 9 aromatic carbocycles. The first kappa shape index (κ1) is 108. The average Bonchev–Trinajstić information content (AvgIpc) is 0.805. The second kappa shape index (κ2) is 48.7. The van der Waals surface area contributed by atoms with Crippen LogP contribution in [0.4, 0.5) is 35.1 Å². The molecule has 118 heavy (non-hydrogen) atoms. The number of hydrogen-bond donors (Lipinski definition) is 0. The van der Waals surface area contributed by atoms with Crippen molar-refractivity contribution < 1.29 is 166 Å². The quantitative estimate of drug-likeness (QED) is 0.0153. The Bertz CT molecular complexity index is 4960. The van der Waals surface area contributed by atoms with E-state index in [1.165, 1.54) is 73.9 Å². The third-order valence-corrected chi connectivity index (χ3v) is 32.9. The van der Waals surface area contributed by atoms with Gasteiger partial charge < -0.3 is 27.9 Å². The van der Waals surface area contributed by atoms with Gasteiger partial charge in [0.1, 0.15) is 5.82 Å². The molecule has 0 spiro atoms. The fraction of sp³-hybridized carbons (Fsp3) is 0.287. The number of carbonyl (C=O) groups excluding carboxylic acids is 3. The standard InChI is InChI=1S/2C21H28I.C12H9FI.C10H6Br3F3O5S.C8H3Br3F2O5S.C8H3F2I3O5S/c2*1-14(2)17-12-19(15(3)4)21(20(13-17)16(5)6)22-18-10-8-7-9-11-18;13-10-6-8-12(9-7-10)14-11-4-2-1-3-5-11;11-4-1-5(8(13)6(12)2-4)9(17)21-7(10(14,15)16)3-22(18,19)20;9-3-1-4(10)6(5(11)2-3)18-7(14)8(12,13)19(15,16)17;9-8(10,19(15,16)17)7(14)18-6-4(12)1-3(11)2-5(6)13/h2*7-16H,1-6H3;1-9H;1-2,7H,3H2,(H,18,19,20);2*1-2H,(H,15,16,17)/q3*+1;;;/p-3. The van der Waals surface area contributed by atoms with E-state index in [1.807, 2.05) is 52.9 Å². The van der Waals surface area contributed by atoms with Crippen LogP contribution in [0, 0.1) is 37.9 Å². The van der Waals surface area contributed by atoms with E-state index in [2.05, 4.69) is 290 Å². The first-order chi connectivity index (χ1) is 54.4. The molecule has 0 aliphatic carbocycles. The van der Waals surface area contributed by atoms with Crippen molar-refractivity contribution in [2.45, 2.75) is 141 Å². The highest BCUT2D eigenvalue weighted by molar-refractivity contribution is 14.1. The molecule has 0 N–H and O–H groups in total. The number of rotatable bonds is 22. The van der Waals surface area contributed by atoms with Gasteiger partial charge >= 0.3 is 98.2 Å². The summed E-state index contributed by atoms with van der Waals surface area (Å²) < 4.78 is 220. The molecule has 1 unspecified atom stereocenters. The van der Waals surface area contributed by atoms with E-state index in [0.29, 0.717) is 56.1 Å². The SMILES string of the molecule is CC(C)c1cc(C(C)C)c([I+]c2ccccc2)c(C(C)C)c1.CC(C)c1cc(C(C)C)c([I+]c2ccccc2)c(C(C)C)c1.Fc1ccc([I+]c2ccccc2)cc1.O=C(OC(CS(=O)(=O)[O-])C(F)(F)F)c1cc(Br)cc(Br)c1Br.O=C(Oc1c(Br)cc(Br)cc1Br)C(F)(F)S(=O)(=O)[O-].O=C(Oc1c(I)cc(I)cc1I)C(F)(F)S(=O)(=O)[O-]. The van der Waals surface area contributed by atoms with Crippen molar-refractivity contribution in [1.82, 2.24) is 0 Å². The number of hydrogen-bond acceptors (Lipinski definition) is 15. The Morgan fingerprint density at radius 3 is 1.05 bits per heavy atom. The molecule has 0 fully saturated rings. The number of alkyl halides is 7. The summed E-state index contributed by atoms with van der Waals surface area (Å²) in [5.41, 5.74) is 9.01. The van der Waals surface area contributed by atoms with Gasteiger partial charge in [-0.15, -0.1) is 0 Å². The highest BCUT2D eigenvalue weighted by atomic mass is 127. The maximum atomic E-state index is 13.0. The van der Waals surface area contributed by atoms with Crippen LogP contribution in [-0.4, -0.2) is 85.4 Å². The Labute approximate surface area is 805 Å². The predicted octanol–water partition coefficient (Wildman–Crippen LogP) is 15.5. The molecule has 0 bridgehead atoms. The lowest BCUT2D eigenvalue weighted by Gasteiger charge is -2.22. The Kier molecular flexibility index (Phi) is 44.6. The van der Waals surface area contributed by atoms with Crippen LogP contribution >= 0.6 is 163 Å². The lowest BCUT2D eigenvalue weighted by atomic mass is 9.90. The first-order valence-electron chi connectivity index (χ1n) is 34.3. The van der Waals surface area contributed by atoms with Gasteiger partial charge in [-0.25, -0.2) is 44.0 Å². The minimum Gasteiger partial charge on any atom is -0.748 e. The van der Waals surface area contributed by atoms with Gasteiger partial charge in [-0.05, 0) is 275 Å². The Balaban J connectivity index is 0.000000299. The van der Waals surface area contributed by atoms with Crippen molar-refractivity contribution in [1.29, 1.82) is 0 Å². The van der Waals surface area contributed by atoms with Crippen molar-refractivity contribution in [3.63, 3.8) is 0 Å². The molecule has 0 aliphatic heterocycles. The molecular formula is C80H74Br6F8I6O15S3. The van der Waals surface area contributed by atoms with Gasteiger partial charge in [0.05, 0.1) is 37.5 Å².